The van der Waals surface area contributed by atoms with E-state index in [0.717, 1.165) is 0 Å². The summed E-state index contributed by atoms with van der Waals surface area (Å²) in [5.41, 5.74) is 5.29. The highest BCUT2D eigenvalue weighted by atomic mass is 16.1. The summed E-state index contributed by atoms with van der Waals surface area (Å²) in [4.78, 5) is 21.1. The van der Waals surface area contributed by atoms with Crippen molar-refractivity contribution in [3.63, 3.8) is 0 Å². The minimum absolute atomic E-state index is 0.156. The number of aliphatic imine (C=N–C) groups is 2. The van der Waals surface area contributed by atoms with Gasteiger partial charge in [0.15, 0.2) is 0 Å². The molecule has 1 amide bonds. The van der Waals surface area contributed by atoms with E-state index in [2.05, 4.69) is 9.98 Å². The molecule has 2 aliphatic heterocycles. The number of amides is 1. The Balaban J connectivity index is 2.43. The number of carbonyl (C=O) groups is 1. The van der Waals surface area contributed by atoms with Crippen LogP contribution >= 0.6 is 0 Å². The molecule has 0 saturated heterocycles. The van der Waals surface area contributed by atoms with Crippen molar-refractivity contribution >= 4 is 18.1 Å². The van der Waals surface area contributed by atoms with Gasteiger partial charge in [-0.05, 0) is 13.0 Å². The van der Waals surface area contributed by atoms with E-state index in [0.29, 0.717) is 18.9 Å². The monoisotopic (exact) mass is 192 g/mol. The first-order chi connectivity index (χ1) is 6.65. The first-order valence-electron chi connectivity index (χ1n) is 4.47. The summed E-state index contributed by atoms with van der Waals surface area (Å²) in [7, 11) is 0. The van der Waals surface area contributed by atoms with Crippen molar-refractivity contribution < 1.29 is 4.79 Å². The van der Waals surface area contributed by atoms with E-state index in [1.165, 1.54) is 0 Å². The van der Waals surface area contributed by atoms with Gasteiger partial charge in [-0.15, -0.1) is 0 Å². The van der Waals surface area contributed by atoms with Crippen LogP contribution in [0.15, 0.2) is 22.3 Å². The number of fused-ring (bicyclic) bond motifs is 1. The summed E-state index contributed by atoms with van der Waals surface area (Å²) in [5, 5.41) is 0. The summed E-state index contributed by atoms with van der Waals surface area (Å²) in [5.74, 6) is 0.286. The number of guanidine groups is 1. The van der Waals surface area contributed by atoms with Crippen LogP contribution in [0.2, 0.25) is 0 Å². The van der Waals surface area contributed by atoms with Crippen molar-refractivity contribution in [3.8, 4) is 0 Å². The van der Waals surface area contributed by atoms with Crippen LogP contribution in [-0.2, 0) is 4.79 Å². The smallest absolute Gasteiger partial charge is 0.251 e. The highest BCUT2D eigenvalue weighted by Gasteiger charge is 2.38. The first-order valence-corrected chi connectivity index (χ1v) is 4.47. The molecule has 1 atom stereocenters. The number of carbonyl (C=O) groups excluding carboxylic acids is 1. The van der Waals surface area contributed by atoms with Crippen LogP contribution in [0.25, 0.3) is 0 Å². The van der Waals surface area contributed by atoms with Gasteiger partial charge in [-0.1, -0.05) is 0 Å². The summed E-state index contributed by atoms with van der Waals surface area (Å²) in [6.45, 7) is 2.34. The normalized spacial score (nSPS) is 30.3. The fourth-order valence-electron chi connectivity index (χ4n) is 1.60. The fourth-order valence-corrected chi connectivity index (χ4v) is 1.60. The lowest BCUT2D eigenvalue weighted by Crippen LogP contribution is -2.55. The van der Waals surface area contributed by atoms with Crippen LogP contribution in [0.5, 0.6) is 0 Å². The highest BCUT2D eigenvalue weighted by Crippen LogP contribution is 2.25. The van der Waals surface area contributed by atoms with Gasteiger partial charge in [0.25, 0.3) is 5.91 Å². The maximum Gasteiger partial charge on any atom is 0.251 e. The third-order valence-electron chi connectivity index (χ3n) is 2.50. The molecule has 2 rings (SSSR count). The van der Waals surface area contributed by atoms with Gasteiger partial charge in [0.05, 0.1) is 12.0 Å². The van der Waals surface area contributed by atoms with Gasteiger partial charge in [-0.2, -0.15) is 4.99 Å². The van der Waals surface area contributed by atoms with Crippen LogP contribution in [0.4, 0.5) is 0 Å². The lowest BCUT2D eigenvalue weighted by molar-refractivity contribution is -0.120. The first kappa shape index (κ1) is 9.08. The van der Waals surface area contributed by atoms with Gasteiger partial charge in [0.1, 0.15) is 0 Å². The predicted octanol–water partition coefficient (Wildman–Crippen LogP) is -0.110. The Morgan fingerprint density at radius 1 is 1.71 bits per heavy atom. The topological polar surface area (TPSA) is 71.0 Å². The van der Waals surface area contributed by atoms with Crippen molar-refractivity contribution in [1.29, 1.82) is 0 Å². The summed E-state index contributed by atoms with van der Waals surface area (Å²) in [6, 6.07) is 0. The minimum atomic E-state index is -0.386. The molecule has 0 aromatic rings. The van der Waals surface area contributed by atoms with Crippen LogP contribution in [0.3, 0.4) is 0 Å². The molecule has 0 aliphatic carbocycles. The van der Waals surface area contributed by atoms with Gasteiger partial charge in [0, 0.05) is 19.0 Å². The molecule has 1 unspecified atom stereocenters. The molecule has 5 nitrogen and oxygen atoms in total. The Bertz CT molecular complexity index is 358. The SMILES string of the molecule is CC1(CN)CC(=O)N=C2N=CC=CN21. The molecule has 14 heavy (non-hydrogen) atoms. The molecule has 2 aliphatic rings. The third-order valence-corrected chi connectivity index (χ3v) is 2.50. The summed E-state index contributed by atoms with van der Waals surface area (Å²) in [6.07, 6.45) is 5.62. The van der Waals surface area contributed by atoms with Gasteiger partial charge in [-0.3, -0.25) is 4.79 Å². The molecule has 0 aromatic heterocycles. The van der Waals surface area contributed by atoms with Crippen molar-refractivity contribution in [2.45, 2.75) is 18.9 Å². The van der Waals surface area contributed by atoms with Crippen molar-refractivity contribution in [2.75, 3.05) is 6.54 Å². The average Bonchev–Trinajstić information content (AvgIpc) is 2.17. The van der Waals surface area contributed by atoms with E-state index in [4.69, 9.17) is 5.73 Å². The molecule has 5 heteroatoms. The van der Waals surface area contributed by atoms with Gasteiger partial charge in [0.2, 0.25) is 5.96 Å². The molecule has 0 bridgehead atoms. The summed E-state index contributed by atoms with van der Waals surface area (Å²) < 4.78 is 0. The lowest BCUT2D eigenvalue weighted by Gasteiger charge is -2.41. The van der Waals surface area contributed by atoms with E-state index in [-0.39, 0.29) is 11.4 Å². The highest BCUT2D eigenvalue weighted by molar-refractivity contribution is 6.02. The van der Waals surface area contributed by atoms with Gasteiger partial charge < -0.3 is 10.6 Å². The van der Waals surface area contributed by atoms with E-state index < -0.39 is 0 Å². The molecule has 0 spiro atoms. The summed E-state index contributed by atoms with van der Waals surface area (Å²) >= 11 is 0. The van der Waals surface area contributed by atoms with Crippen molar-refractivity contribution in [3.05, 3.63) is 12.3 Å². The van der Waals surface area contributed by atoms with Crippen LogP contribution in [0.1, 0.15) is 13.3 Å². The molecule has 0 aromatic carbocycles. The van der Waals surface area contributed by atoms with Crippen LogP contribution in [-0.4, -0.2) is 35.1 Å². The number of rotatable bonds is 1. The molecule has 0 saturated carbocycles. The number of nitrogens with two attached hydrogens (primary N) is 1. The fraction of sp³-hybridized carbons (Fsp3) is 0.444. The predicted molar refractivity (Wildman–Crippen MR) is 54.0 cm³/mol. The number of allylic oxidation sites excluding steroid dienone is 1. The third kappa shape index (κ3) is 1.26. The maximum atomic E-state index is 11.3. The second kappa shape index (κ2) is 3.02. The van der Waals surface area contributed by atoms with Crippen LogP contribution in [0, 0.1) is 0 Å². The number of hydrogen-bond donors (Lipinski definition) is 1. The van der Waals surface area contributed by atoms with Crippen LogP contribution < -0.4 is 5.73 Å². The zero-order chi connectivity index (χ0) is 10.2. The molecule has 74 valence electrons. The standard InChI is InChI=1S/C9H12N4O/c1-9(6-10)5-7(14)12-8-11-3-2-4-13(8)9/h2-4H,5-6,10H2,1H3. The molecule has 0 radical (unpaired) electrons. The Labute approximate surface area is 82.0 Å². The van der Waals surface area contributed by atoms with E-state index >= 15 is 0 Å². The van der Waals surface area contributed by atoms with Gasteiger partial charge in [-0.25, -0.2) is 4.99 Å². The lowest BCUT2D eigenvalue weighted by atomic mass is 9.94. The molecule has 0 fully saturated rings. The van der Waals surface area contributed by atoms with E-state index in [1.807, 2.05) is 24.1 Å². The largest absolute Gasteiger partial charge is 0.328 e. The number of nitrogens with zero attached hydrogens (tertiary/aromatic N) is 3. The molecular formula is C9H12N4O. The van der Waals surface area contributed by atoms with E-state index in [9.17, 15) is 4.79 Å². The van der Waals surface area contributed by atoms with Gasteiger partial charge >= 0.3 is 0 Å². The quantitative estimate of drug-likeness (QED) is 0.630. The number of hydrogen-bond acceptors (Lipinski definition) is 4. The second-order valence-corrected chi connectivity index (χ2v) is 3.67. The Morgan fingerprint density at radius 2 is 2.50 bits per heavy atom. The Kier molecular flexibility index (Phi) is 1.96. The molecular weight excluding hydrogens is 180 g/mol. The molecule has 2 heterocycles. The maximum absolute atomic E-state index is 11.3. The molecule has 2 N–H and O–H groups in total. The minimum Gasteiger partial charge on any atom is -0.328 e. The zero-order valence-corrected chi connectivity index (χ0v) is 7.97. The Morgan fingerprint density at radius 3 is 3.21 bits per heavy atom. The zero-order valence-electron chi connectivity index (χ0n) is 7.97. The van der Waals surface area contributed by atoms with Crippen molar-refractivity contribution in [1.82, 2.24) is 4.90 Å². The average molecular weight is 192 g/mol. The van der Waals surface area contributed by atoms with E-state index in [1.54, 1.807) is 6.21 Å². The van der Waals surface area contributed by atoms with Crippen molar-refractivity contribution in [2.24, 2.45) is 15.7 Å². The Hall–Kier alpha value is -1.49. The second-order valence-electron chi connectivity index (χ2n) is 3.67.